The number of hydrogen-bond donors (Lipinski definition) is 0. The normalized spacial score (nSPS) is 14.7. The van der Waals surface area contributed by atoms with E-state index in [2.05, 4.69) is 0 Å². The van der Waals surface area contributed by atoms with Crippen LogP contribution in [0.1, 0.15) is 22.3 Å². The van der Waals surface area contributed by atoms with E-state index in [1.165, 1.54) is 60.7 Å². The Balaban J connectivity index is 1.60. The lowest BCUT2D eigenvalue weighted by molar-refractivity contribution is -0.124. The molecular formula is C32H14F10N2O2. The van der Waals surface area contributed by atoms with Crippen LogP contribution in [0.5, 0.6) is 0 Å². The van der Waals surface area contributed by atoms with E-state index in [4.69, 9.17) is 0 Å². The lowest BCUT2D eigenvalue weighted by Crippen LogP contribution is -2.31. The van der Waals surface area contributed by atoms with Crippen molar-refractivity contribution in [3.8, 4) is 0 Å². The highest BCUT2D eigenvalue weighted by Crippen LogP contribution is 2.48. The average Bonchev–Trinajstić information content (AvgIpc) is 3.51. The number of carbonyl (C=O) groups is 2. The summed E-state index contributed by atoms with van der Waals surface area (Å²) in [6, 6.07) is 14.2. The van der Waals surface area contributed by atoms with Crippen molar-refractivity contribution in [2.75, 3.05) is 0 Å². The Morgan fingerprint density at radius 3 is 0.935 bits per heavy atom. The van der Waals surface area contributed by atoms with Gasteiger partial charge in [0.2, 0.25) is 11.6 Å². The van der Waals surface area contributed by atoms with Crippen LogP contribution in [0.15, 0.2) is 71.8 Å². The van der Waals surface area contributed by atoms with Crippen molar-refractivity contribution in [1.82, 2.24) is 9.80 Å². The molecule has 0 saturated carbocycles. The van der Waals surface area contributed by atoms with Crippen LogP contribution < -0.4 is 0 Å². The number of nitrogens with zero attached hydrogens (tertiary/aromatic N) is 2. The molecule has 4 aromatic carbocycles. The van der Waals surface area contributed by atoms with Gasteiger partial charge in [-0.2, -0.15) is 0 Å². The van der Waals surface area contributed by atoms with Crippen LogP contribution in [-0.4, -0.2) is 21.6 Å². The van der Waals surface area contributed by atoms with Crippen molar-refractivity contribution in [1.29, 1.82) is 0 Å². The second-order valence-electron chi connectivity index (χ2n) is 10.1. The highest BCUT2D eigenvalue weighted by molar-refractivity contribution is 6.30. The van der Waals surface area contributed by atoms with Gasteiger partial charge < -0.3 is 9.80 Å². The maximum Gasteiger partial charge on any atom is 0.261 e. The molecule has 4 nitrogen and oxygen atoms in total. The molecule has 0 bridgehead atoms. The van der Waals surface area contributed by atoms with Crippen molar-refractivity contribution < 1.29 is 53.5 Å². The Morgan fingerprint density at radius 2 is 0.652 bits per heavy atom. The molecule has 0 atom stereocenters. The number of halogens is 10. The van der Waals surface area contributed by atoms with E-state index in [0.29, 0.717) is 9.80 Å². The summed E-state index contributed by atoms with van der Waals surface area (Å²) < 4.78 is 143. The maximum absolute atomic E-state index is 14.8. The third kappa shape index (κ3) is 4.46. The summed E-state index contributed by atoms with van der Waals surface area (Å²) in [5.41, 5.74) is -4.47. The van der Waals surface area contributed by atoms with E-state index in [1.54, 1.807) is 0 Å². The van der Waals surface area contributed by atoms with Gasteiger partial charge in [0.15, 0.2) is 46.5 Å². The molecule has 46 heavy (non-hydrogen) atoms. The van der Waals surface area contributed by atoms with E-state index in [9.17, 15) is 53.5 Å². The minimum Gasteiger partial charge on any atom is -0.302 e. The summed E-state index contributed by atoms with van der Waals surface area (Å²) in [5.74, 6) is -25.2. The quantitative estimate of drug-likeness (QED) is 0.125. The van der Waals surface area contributed by atoms with Crippen LogP contribution in [0.3, 0.4) is 0 Å². The Labute approximate surface area is 252 Å². The molecule has 234 valence electrons. The van der Waals surface area contributed by atoms with Crippen LogP contribution in [0.2, 0.25) is 0 Å². The summed E-state index contributed by atoms with van der Waals surface area (Å²) in [6.07, 6.45) is 0. The molecule has 0 aliphatic carbocycles. The molecule has 0 N–H and O–H groups in total. The largest absolute Gasteiger partial charge is 0.302 e. The predicted molar refractivity (Wildman–Crippen MR) is 140 cm³/mol. The molecule has 0 aromatic heterocycles. The Bertz CT molecular complexity index is 1840. The number of hydrogen-bond acceptors (Lipinski definition) is 2. The van der Waals surface area contributed by atoms with Crippen molar-refractivity contribution in [3.05, 3.63) is 152 Å². The van der Waals surface area contributed by atoms with Gasteiger partial charge in [-0.05, 0) is 11.1 Å². The number of benzene rings is 4. The first kappa shape index (κ1) is 30.6. The van der Waals surface area contributed by atoms with E-state index in [-0.39, 0.29) is 22.5 Å². The van der Waals surface area contributed by atoms with Gasteiger partial charge >= 0.3 is 0 Å². The van der Waals surface area contributed by atoms with Gasteiger partial charge in [-0.15, -0.1) is 0 Å². The second kappa shape index (κ2) is 11.2. The van der Waals surface area contributed by atoms with Crippen molar-refractivity contribution in [3.63, 3.8) is 0 Å². The highest BCUT2D eigenvalue weighted by Gasteiger charge is 2.50. The lowest BCUT2D eigenvalue weighted by atomic mass is 10.0. The molecule has 2 aliphatic rings. The van der Waals surface area contributed by atoms with Crippen LogP contribution >= 0.6 is 0 Å². The van der Waals surface area contributed by atoms with Gasteiger partial charge in [0.05, 0.1) is 35.6 Å². The lowest BCUT2D eigenvalue weighted by Gasteiger charge is -2.26. The average molecular weight is 648 g/mol. The van der Waals surface area contributed by atoms with Crippen molar-refractivity contribution >= 4 is 23.2 Å². The van der Waals surface area contributed by atoms with Gasteiger partial charge in [-0.25, -0.2) is 43.9 Å². The molecule has 2 aliphatic heterocycles. The first-order valence-electron chi connectivity index (χ1n) is 13.1. The Hall–Kier alpha value is -5.40. The Morgan fingerprint density at radius 1 is 0.391 bits per heavy atom. The SMILES string of the molecule is O=C1C2=C(c3ccccc3)N(Cc3c(F)c(F)c(F)c(F)c3F)C(=O)C2=C(c2ccccc2)N1Cc1c(F)c(F)c(F)c(F)c1F. The van der Waals surface area contributed by atoms with Gasteiger partial charge in [0.1, 0.15) is 0 Å². The highest BCUT2D eigenvalue weighted by atomic mass is 19.2. The number of rotatable bonds is 6. The third-order valence-electron chi connectivity index (χ3n) is 7.51. The molecule has 0 radical (unpaired) electrons. The topological polar surface area (TPSA) is 40.6 Å². The standard InChI is InChI=1S/C32H14F10N2O2/c33-19-15(20(34)24(38)27(41)23(19)37)11-43-29(13-7-3-1-4-8-13)17-18(32(43)46)30(14-9-5-2-6-10-14)44(31(17)45)12-16-21(35)25(39)28(42)26(40)22(16)36/h1-10H,11-12H2. The summed E-state index contributed by atoms with van der Waals surface area (Å²) in [4.78, 5) is 29.4. The minimum absolute atomic E-state index is 0.0450. The van der Waals surface area contributed by atoms with Crippen LogP contribution in [0.4, 0.5) is 43.9 Å². The van der Waals surface area contributed by atoms with Gasteiger partial charge in [0.25, 0.3) is 11.8 Å². The number of amides is 2. The molecule has 2 amide bonds. The molecule has 14 heteroatoms. The van der Waals surface area contributed by atoms with Gasteiger partial charge in [0, 0.05) is 11.1 Å². The third-order valence-corrected chi connectivity index (χ3v) is 7.51. The summed E-state index contributed by atoms with van der Waals surface area (Å²) in [6.45, 7) is -2.51. The summed E-state index contributed by atoms with van der Waals surface area (Å²) in [5, 5.41) is 0. The zero-order valence-electron chi connectivity index (χ0n) is 22.7. The molecule has 6 rings (SSSR count). The van der Waals surface area contributed by atoms with Crippen LogP contribution in [-0.2, 0) is 22.7 Å². The van der Waals surface area contributed by atoms with Crippen LogP contribution in [0.25, 0.3) is 11.4 Å². The molecule has 0 fully saturated rings. The van der Waals surface area contributed by atoms with E-state index >= 15 is 0 Å². The van der Waals surface area contributed by atoms with Gasteiger partial charge in [-0.3, -0.25) is 9.59 Å². The van der Waals surface area contributed by atoms with Crippen molar-refractivity contribution in [2.24, 2.45) is 0 Å². The first-order valence-corrected chi connectivity index (χ1v) is 13.1. The molecule has 0 unspecified atom stereocenters. The zero-order valence-corrected chi connectivity index (χ0v) is 22.7. The molecule has 2 heterocycles. The van der Waals surface area contributed by atoms with E-state index in [0.717, 1.165) is 0 Å². The second-order valence-corrected chi connectivity index (χ2v) is 10.1. The van der Waals surface area contributed by atoms with Gasteiger partial charge in [-0.1, -0.05) is 60.7 Å². The monoisotopic (exact) mass is 648 g/mol. The summed E-state index contributed by atoms with van der Waals surface area (Å²) >= 11 is 0. The maximum atomic E-state index is 14.8. The zero-order chi connectivity index (χ0) is 33.2. The molecule has 4 aromatic rings. The van der Waals surface area contributed by atoms with E-state index in [1.807, 2.05) is 0 Å². The smallest absolute Gasteiger partial charge is 0.261 e. The molecule has 0 spiro atoms. The fourth-order valence-electron chi connectivity index (χ4n) is 5.38. The van der Waals surface area contributed by atoms with Crippen molar-refractivity contribution in [2.45, 2.75) is 13.1 Å². The molecule has 0 saturated heterocycles. The predicted octanol–water partition coefficient (Wildman–Crippen LogP) is 7.28. The number of fused-ring (bicyclic) bond motifs is 1. The van der Waals surface area contributed by atoms with Crippen LogP contribution in [0, 0.1) is 58.2 Å². The molecular weight excluding hydrogens is 634 g/mol. The first-order chi connectivity index (χ1) is 21.9. The fraction of sp³-hybridized carbons (Fsp3) is 0.0625. The fourth-order valence-corrected chi connectivity index (χ4v) is 5.38. The minimum atomic E-state index is -2.43. The number of carbonyl (C=O) groups excluding carboxylic acids is 2. The Kier molecular flexibility index (Phi) is 7.45. The van der Waals surface area contributed by atoms with E-state index < -0.39 is 105 Å². The summed E-state index contributed by atoms with van der Waals surface area (Å²) in [7, 11) is 0.